The van der Waals surface area contributed by atoms with E-state index < -0.39 is 9.84 Å². The molecular weight excluding hydrogens is 396 g/mol. The summed E-state index contributed by atoms with van der Waals surface area (Å²) in [5.74, 6) is 0.772. The van der Waals surface area contributed by atoms with Crippen LogP contribution in [0, 0.1) is 0 Å². The Hall–Kier alpha value is -1.16. The fourth-order valence-electron chi connectivity index (χ4n) is 2.49. The summed E-state index contributed by atoms with van der Waals surface area (Å²) in [4.78, 5) is 19.5. The van der Waals surface area contributed by atoms with Crippen molar-refractivity contribution in [2.45, 2.75) is 25.0 Å². The predicted octanol–water partition coefficient (Wildman–Crippen LogP) is 3.73. The Morgan fingerprint density at radius 2 is 2.12 bits per heavy atom. The smallest absolute Gasteiger partial charge is 0.263 e. The Balaban J connectivity index is 1.94. The molecule has 0 amide bonds. The van der Waals surface area contributed by atoms with Gasteiger partial charge in [0.15, 0.2) is 5.16 Å². The van der Waals surface area contributed by atoms with E-state index in [4.69, 9.17) is 0 Å². The minimum absolute atomic E-state index is 0.0252. The van der Waals surface area contributed by atoms with Gasteiger partial charge in [-0.25, -0.2) is 13.4 Å². The Labute approximate surface area is 158 Å². The van der Waals surface area contributed by atoms with Crippen LogP contribution in [-0.2, 0) is 16.4 Å². The molecule has 0 bridgehead atoms. The number of aromatic nitrogens is 2. The van der Waals surface area contributed by atoms with Gasteiger partial charge in [-0.2, -0.15) is 0 Å². The molecule has 0 aliphatic heterocycles. The van der Waals surface area contributed by atoms with Crippen molar-refractivity contribution < 1.29 is 8.42 Å². The van der Waals surface area contributed by atoms with Crippen molar-refractivity contribution in [1.82, 2.24) is 9.55 Å². The highest BCUT2D eigenvalue weighted by Crippen LogP contribution is 2.34. The second-order valence-corrected chi connectivity index (χ2v) is 10.7. The van der Waals surface area contributed by atoms with E-state index in [0.29, 0.717) is 29.3 Å². The molecule has 0 aromatic carbocycles. The van der Waals surface area contributed by atoms with Gasteiger partial charge in [-0.3, -0.25) is 9.36 Å². The lowest BCUT2D eigenvalue weighted by Gasteiger charge is -2.10. The third-order valence-electron chi connectivity index (χ3n) is 3.65. The highest BCUT2D eigenvalue weighted by Gasteiger charge is 2.17. The number of thiophene rings is 2. The first-order chi connectivity index (χ1) is 11.9. The van der Waals surface area contributed by atoms with Crippen LogP contribution in [0.4, 0.5) is 0 Å². The maximum absolute atomic E-state index is 13.0. The van der Waals surface area contributed by atoms with Gasteiger partial charge in [0.1, 0.15) is 14.7 Å². The molecule has 3 aromatic heterocycles. The van der Waals surface area contributed by atoms with Crippen molar-refractivity contribution in [1.29, 1.82) is 0 Å². The molecule has 134 valence electrons. The second-order valence-electron chi connectivity index (χ2n) is 5.58. The molecular formula is C16H18N2O3S4. The molecule has 25 heavy (non-hydrogen) atoms. The van der Waals surface area contributed by atoms with Crippen molar-refractivity contribution >= 4 is 54.5 Å². The van der Waals surface area contributed by atoms with E-state index in [1.54, 1.807) is 15.9 Å². The number of thioether (sulfide) groups is 1. The normalized spacial score (nSPS) is 12.1. The fraction of sp³-hybridized carbons (Fsp3) is 0.375. The van der Waals surface area contributed by atoms with E-state index >= 15 is 0 Å². The van der Waals surface area contributed by atoms with Crippen molar-refractivity contribution in [2.75, 3.05) is 17.8 Å². The first kappa shape index (κ1) is 18.6. The zero-order valence-corrected chi connectivity index (χ0v) is 17.2. The maximum atomic E-state index is 13.0. The molecule has 0 spiro atoms. The number of nitrogens with zero attached hydrogens (tertiary/aromatic N) is 2. The fourth-order valence-corrected chi connectivity index (χ4v) is 6.15. The van der Waals surface area contributed by atoms with Crippen LogP contribution < -0.4 is 5.56 Å². The van der Waals surface area contributed by atoms with Crippen LogP contribution in [0.5, 0.6) is 0 Å². The van der Waals surface area contributed by atoms with Crippen molar-refractivity contribution in [3.63, 3.8) is 0 Å². The van der Waals surface area contributed by atoms with E-state index in [1.807, 2.05) is 29.8 Å². The lowest BCUT2D eigenvalue weighted by atomic mass is 10.2. The Morgan fingerprint density at radius 1 is 1.32 bits per heavy atom. The van der Waals surface area contributed by atoms with Gasteiger partial charge in [-0.15, -0.1) is 22.7 Å². The van der Waals surface area contributed by atoms with Crippen LogP contribution in [0.25, 0.3) is 20.7 Å². The molecule has 9 heteroatoms. The van der Waals surface area contributed by atoms with Crippen molar-refractivity contribution in [3.05, 3.63) is 33.2 Å². The lowest BCUT2D eigenvalue weighted by Crippen LogP contribution is -2.22. The molecule has 0 atom stereocenters. The SMILES string of the molecule is CCn1c(SCCCS(C)(=O)=O)nc2scc(-c3cccs3)c2c1=O. The monoisotopic (exact) mass is 414 g/mol. The zero-order valence-electron chi connectivity index (χ0n) is 13.9. The van der Waals surface area contributed by atoms with Crippen LogP contribution in [0.3, 0.4) is 0 Å². The first-order valence-corrected chi connectivity index (χ1v) is 12.6. The van der Waals surface area contributed by atoms with Gasteiger partial charge in [0.25, 0.3) is 5.56 Å². The standard InChI is InChI=1S/C16H18N2O3S4/c1-3-18-15(19)13-11(12-6-4-7-22-12)10-24-14(13)17-16(18)23-8-5-9-25(2,20)21/h4,6-7,10H,3,5,8-9H2,1-2H3. The second kappa shape index (κ2) is 7.61. The van der Waals surface area contributed by atoms with Gasteiger partial charge in [0.2, 0.25) is 0 Å². The molecule has 0 saturated carbocycles. The van der Waals surface area contributed by atoms with E-state index in [-0.39, 0.29) is 11.3 Å². The van der Waals surface area contributed by atoms with Gasteiger partial charge < -0.3 is 0 Å². The predicted molar refractivity (Wildman–Crippen MR) is 108 cm³/mol. The number of fused-ring (bicyclic) bond motifs is 1. The van der Waals surface area contributed by atoms with E-state index in [1.165, 1.54) is 29.4 Å². The van der Waals surface area contributed by atoms with E-state index in [2.05, 4.69) is 4.98 Å². The van der Waals surface area contributed by atoms with E-state index in [9.17, 15) is 13.2 Å². The molecule has 0 N–H and O–H groups in total. The molecule has 0 aliphatic rings. The van der Waals surface area contributed by atoms with Gasteiger partial charge in [-0.1, -0.05) is 17.8 Å². The third-order valence-corrected chi connectivity index (χ3v) is 7.52. The summed E-state index contributed by atoms with van der Waals surface area (Å²) in [6.45, 7) is 2.46. The molecule has 0 saturated heterocycles. The number of rotatable bonds is 7. The largest absolute Gasteiger partial charge is 0.287 e. The molecule has 0 radical (unpaired) electrons. The quantitative estimate of drug-likeness (QED) is 0.335. The summed E-state index contributed by atoms with van der Waals surface area (Å²) >= 11 is 4.53. The van der Waals surface area contributed by atoms with E-state index in [0.717, 1.165) is 15.3 Å². The Kier molecular flexibility index (Phi) is 5.67. The maximum Gasteiger partial charge on any atom is 0.263 e. The Morgan fingerprint density at radius 3 is 2.76 bits per heavy atom. The summed E-state index contributed by atoms with van der Waals surface area (Å²) in [6.07, 6.45) is 1.79. The summed E-state index contributed by atoms with van der Waals surface area (Å²) in [6, 6.07) is 3.98. The van der Waals surface area contributed by atoms with Crippen molar-refractivity contribution in [3.8, 4) is 10.4 Å². The molecule has 3 rings (SSSR count). The Bertz CT molecular complexity index is 1030. The summed E-state index contributed by atoms with van der Waals surface area (Å²) in [5, 5.41) is 5.32. The van der Waals surface area contributed by atoms with Crippen LogP contribution >= 0.6 is 34.4 Å². The average Bonchev–Trinajstić information content (AvgIpc) is 3.19. The van der Waals surface area contributed by atoms with Gasteiger partial charge >= 0.3 is 0 Å². The molecule has 3 heterocycles. The van der Waals surface area contributed by atoms with Crippen LogP contribution in [0.1, 0.15) is 13.3 Å². The molecule has 0 aliphatic carbocycles. The van der Waals surface area contributed by atoms with Crippen LogP contribution in [0.15, 0.2) is 32.8 Å². The molecule has 0 fully saturated rings. The summed E-state index contributed by atoms with van der Waals surface area (Å²) < 4.78 is 24.1. The molecule has 0 unspecified atom stereocenters. The minimum Gasteiger partial charge on any atom is -0.287 e. The number of hydrogen-bond acceptors (Lipinski definition) is 7. The third kappa shape index (κ3) is 4.16. The van der Waals surface area contributed by atoms with Gasteiger partial charge in [-0.05, 0) is 24.8 Å². The summed E-state index contributed by atoms with van der Waals surface area (Å²) in [5.41, 5.74) is 0.922. The highest BCUT2D eigenvalue weighted by atomic mass is 32.2. The summed E-state index contributed by atoms with van der Waals surface area (Å²) in [7, 11) is -2.96. The molecule has 5 nitrogen and oxygen atoms in total. The molecule has 3 aromatic rings. The van der Waals surface area contributed by atoms with Gasteiger partial charge in [0.05, 0.1) is 11.1 Å². The van der Waals surface area contributed by atoms with Crippen LogP contribution in [-0.4, -0.2) is 35.7 Å². The number of sulfone groups is 1. The lowest BCUT2D eigenvalue weighted by molar-refractivity contribution is 0.600. The van der Waals surface area contributed by atoms with Crippen LogP contribution in [0.2, 0.25) is 0 Å². The van der Waals surface area contributed by atoms with Crippen molar-refractivity contribution in [2.24, 2.45) is 0 Å². The number of hydrogen-bond donors (Lipinski definition) is 0. The average molecular weight is 415 g/mol. The van der Waals surface area contributed by atoms with Gasteiger partial charge in [0, 0.05) is 34.4 Å². The first-order valence-electron chi connectivity index (χ1n) is 7.77. The zero-order chi connectivity index (χ0) is 18.0. The highest BCUT2D eigenvalue weighted by molar-refractivity contribution is 7.99. The minimum atomic E-state index is -2.96. The topological polar surface area (TPSA) is 69.0 Å².